The molecule has 1 aliphatic rings. The molecular weight excluding hydrogens is 719 g/mol. The third-order valence-corrected chi connectivity index (χ3v) is 6.83. The maximum absolute atomic E-state index is 2.43. The van der Waals surface area contributed by atoms with E-state index in [0.29, 0.717) is 0 Å². The van der Waals surface area contributed by atoms with E-state index in [4.69, 9.17) is 0 Å². The van der Waals surface area contributed by atoms with Crippen LogP contribution >= 0.6 is 45.7 Å². The average molecular weight is 746 g/mol. The number of aryl methyl sites for hydroxylation is 3. The van der Waals surface area contributed by atoms with Crippen molar-refractivity contribution in [3.8, 4) is 0 Å². The summed E-state index contributed by atoms with van der Waals surface area (Å²) in [5, 5.41) is 0. The minimum absolute atomic E-state index is 0.766. The molecule has 1 aromatic heterocycles. The molecule has 25 heavy (non-hydrogen) atoms. The van der Waals surface area contributed by atoms with E-state index >= 15 is 0 Å². The van der Waals surface area contributed by atoms with Crippen molar-refractivity contribution in [2.45, 2.75) is 58.5 Å². The van der Waals surface area contributed by atoms with Gasteiger partial charge < -0.3 is 0 Å². The molecule has 6 heteroatoms. The van der Waals surface area contributed by atoms with Gasteiger partial charge in [-0.2, -0.15) is 1.33 Å². The van der Waals surface area contributed by atoms with Gasteiger partial charge in [-0.1, -0.05) is 18.2 Å². The Hall–Kier alpha value is 0.538. The van der Waals surface area contributed by atoms with Crippen LogP contribution in [0.5, 0.6) is 0 Å². The third-order valence-electron chi connectivity index (χ3n) is 4.76. The van der Waals surface area contributed by atoms with Gasteiger partial charge in [0, 0.05) is 52.3 Å². The zero-order chi connectivity index (χ0) is 18.4. The number of hydrogen-bond acceptors (Lipinski definition) is 1. The van der Waals surface area contributed by atoms with Gasteiger partial charge >= 0.3 is 89.9 Å². The van der Waals surface area contributed by atoms with Gasteiger partial charge in [-0.15, -0.1) is 0 Å². The van der Waals surface area contributed by atoms with Crippen LogP contribution in [0.25, 0.3) is 0 Å². The first-order chi connectivity index (χ1) is 11.9. The van der Waals surface area contributed by atoms with E-state index in [-0.39, 0.29) is 0 Å². The molecule has 0 bridgehead atoms. The van der Waals surface area contributed by atoms with E-state index in [2.05, 4.69) is 127 Å². The molecule has 142 valence electrons. The molecule has 1 aromatic carbocycles. The first kappa shape index (κ1) is 21.8. The summed E-state index contributed by atoms with van der Waals surface area (Å²) >= 11 is 6.98. The maximum atomic E-state index is 2.43. The quantitative estimate of drug-likeness (QED) is 0.269. The van der Waals surface area contributed by atoms with Gasteiger partial charge in [-0.25, -0.2) is 0 Å². The average Bonchev–Trinajstić information content (AvgIpc) is 2.91. The van der Waals surface area contributed by atoms with Crippen LogP contribution in [0.15, 0.2) is 30.6 Å². The Kier molecular flexibility index (Phi) is 9.40. The summed E-state index contributed by atoms with van der Waals surface area (Å²) in [6.07, 6.45) is 11.3. The number of hydrogen-bond donors (Lipinski definition) is 0. The standard InChI is InChI=1S/C10H16N2.C9H11I2N.Pt/c1-11-7-8-12(9-11)10-5-3-2-4-6-10;1-7-3-4-9(5-8(7)2)6-12(10)11;/h7-8,10H,2-6H2,1H3;3-5H,6H2,1-2H3;. The van der Waals surface area contributed by atoms with Crippen molar-refractivity contribution < 1.29 is 19.4 Å². The van der Waals surface area contributed by atoms with Gasteiger partial charge in [0.2, 0.25) is 0 Å². The molecule has 0 spiro atoms. The van der Waals surface area contributed by atoms with Crippen molar-refractivity contribution in [1.29, 1.82) is 0 Å². The van der Waals surface area contributed by atoms with Crippen LogP contribution < -0.4 is 0 Å². The molecular formula is C19H27I2N3Pt. The Morgan fingerprint density at radius 1 is 1.08 bits per heavy atom. The fraction of sp³-hybridized carbons (Fsp3) is 0.526. The Balaban J connectivity index is 0.000000181. The van der Waals surface area contributed by atoms with Gasteiger partial charge in [-0.3, -0.25) is 0 Å². The van der Waals surface area contributed by atoms with Crippen molar-refractivity contribution in [3.05, 3.63) is 51.1 Å². The molecule has 3 nitrogen and oxygen atoms in total. The van der Waals surface area contributed by atoms with Gasteiger partial charge in [0.05, 0.1) is 0 Å². The van der Waals surface area contributed by atoms with Crippen molar-refractivity contribution >= 4 is 45.7 Å². The molecule has 1 fully saturated rings. The Bertz CT molecular complexity index is 731. The number of rotatable bonds is 3. The first-order valence-corrected chi connectivity index (χ1v) is 11.8. The van der Waals surface area contributed by atoms with Crippen LogP contribution in [0.3, 0.4) is 0 Å². The molecule has 0 radical (unpaired) electrons. The van der Waals surface area contributed by atoms with E-state index in [1.807, 2.05) is 0 Å². The zero-order valence-corrected chi connectivity index (χ0v) is 21.7. The normalized spacial score (nSPS) is 15.2. The van der Waals surface area contributed by atoms with Gasteiger partial charge in [0.25, 0.3) is 0 Å². The summed E-state index contributed by atoms with van der Waals surface area (Å²) in [6, 6.07) is 7.38. The van der Waals surface area contributed by atoms with E-state index in [1.54, 1.807) is 0 Å². The molecule has 0 amide bonds. The molecule has 1 saturated carbocycles. The fourth-order valence-corrected chi connectivity index (χ4v) is 4.67. The minimum atomic E-state index is 0.766. The monoisotopic (exact) mass is 746 g/mol. The topological polar surface area (TPSA) is 13.1 Å². The van der Waals surface area contributed by atoms with Crippen LogP contribution in [-0.2, 0) is 32.9 Å². The van der Waals surface area contributed by atoms with E-state index < -0.39 is 0 Å². The second-order valence-electron chi connectivity index (χ2n) is 6.73. The van der Waals surface area contributed by atoms with Gasteiger partial charge in [0.1, 0.15) is 0 Å². The molecule has 0 N–H and O–H groups in total. The molecule has 0 unspecified atom stereocenters. The van der Waals surface area contributed by atoms with Crippen LogP contribution in [0.4, 0.5) is 0 Å². The summed E-state index contributed by atoms with van der Waals surface area (Å²) in [6.45, 7) is 5.30. The fourth-order valence-electron chi connectivity index (χ4n) is 3.13. The summed E-state index contributed by atoms with van der Waals surface area (Å²) in [5.41, 5.74) is 4.12. The van der Waals surface area contributed by atoms with Gasteiger partial charge in [0.15, 0.2) is 0 Å². The van der Waals surface area contributed by atoms with Gasteiger partial charge in [-0.05, 0) is 30.5 Å². The second kappa shape index (κ2) is 10.8. The van der Waals surface area contributed by atoms with E-state index in [1.165, 1.54) is 52.6 Å². The van der Waals surface area contributed by atoms with Crippen molar-refractivity contribution in [3.63, 3.8) is 0 Å². The second-order valence-corrected chi connectivity index (χ2v) is 11.9. The predicted octanol–water partition coefficient (Wildman–Crippen LogP) is 6.22. The summed E-state index contributed by atoms with van der Waals surface area (Å²) in [5.74, 6) is 0. The number of benzene rings is 1. The van der Waals surface area contributed by atoms with E-state index in [9.17, 15) is 0 Å². The Labute approximate surface area is 190 Å². The zero-order valence-electron chi connectivity index (χ0n) is 15.1. The number of nitrogens with zero attached hydrogens (tertiary/aromatic N) is 3. The molecule has 0 aliphatic heterocycles. The molecule has 0 saturated heterocycles. The molecule has 1 aliphatic carbocycles. The van der Waals surface area contributed by atoms with Crippen molar-refractivity contribution in [2.24, 2.45) is 7.05 Å². The summed E-state index contributed by atoms with van der Waals surface area (Å²) < 4.78 is 8.10. The predicted molar refractivity (Wildman–Crippen MR) is 118 cm³/mol. The van der Waals surface area contributed by atoms with Crippen LogP contribution in [0.1, 0.15) is 54.8 Å². The Morgan fingerprint density at radius 2 is 1.76 bits per heavy atom. The van der Waals surface area contributed by atoms with Crippen molar-refractivity contribution in [2.75, 3.05) is 0 Å². The third kappa shape index (κ3) is 6.89. The number of imidazole rings is 1. The Morgan fingerprint density at radius 3 is 2.28 bits per heavy atom. The molecule has 2 aromatic rings. The first-order valence-electron chi connectivity index (χ1n) is 8.72. The van der Waals surface area contributed by atoms with Crippen LogP contribution in [0, 0.1) is 17.7 Å². The molecule has 1 heterocycles. The molecule has 0 atom stereocenters. The number of halogens is 2. The summed E-state index contributed by atoms with van der Waals surface area (Å²) in [4.78, 5) is 0. The summed E-state index contributed by atoms with van der Waals surface area (Å²) in [7, 11) is 2.11. The van der Waals surface area contributed by atoms with Crippen LogP contribution in [-0.4, -0.2) is 10.5 Å². The SMILES string of the molecule is Cc1ccc(CN(I)I)cc1C.Cn1ccn(C2CCCCC2)[c]1=[Pt]. The number of aromatic nitrogens is 2. The van der Waals surface area contributed by atoms with E-state index in [0.717, 1.165) is 12.6 Å². The van der Waals surface area contributed by atoms with Crippen LogP contribution in [0.2, 0.25) is 0 Å². The molecule has 3 rings (SSSR count). The van der Waals surface area contributed by atoms with Crippen molar-refractivity contribution in [1.82, 2.24) is 10.5 Å².